The molecule has 0 saturated heterocycles. The summed E-state index contributed by atoms with van der Waals surface area (Å²) < 4.78 is 1.28. The van der Waals surface area contributed by atoms with Gasteiger partial charge in [-0.3, -0.25) is 19.7 Å². The van der Waals surface area contributed by atoms with Gasteiger partial charge < -0.3 is 5.73 Å². The molecule has 1 heterocycles. The average Bonchev–Trinajstić information content (AvgIpc) is 2.87. The summed E-state index contributed by atoms with van der Waals surface area (Å²) in [6, 6.07) is 5.22. The number of amides is 1. The summed E-state index contributed by atoms with van der Waals surface area (Å²) in [4.78, 5) is 32.7. The minimum Gasteiger partial charge on any atom is -0.364 e. The zero-order chi connectivity index (χ0) is 14.9. The van der Waals surface area contributed by atoms with Crippen molar-refractivity contribution in [3.05, 3.63) is 51.8 Å². The molecule has 0 unspecified atom stereocenters. The van der Waals surface area contributed by atoms with Gasteiger partial charge in [0, 0.05) is 23.9 Å². The van der Waals surface area contributed by atoms with Crippen molar-refractivity contribution in [1.82, 2.24) is 9.78 Å². The first-order chi connectivity index (χ1) is 9.40. The Morgan fingerprint density at radius 2 is 2.05 bits per heavy atom. The summed E-state index contributed by atoms with van der Waals surface area (Å²) in [5, 5.41) is 14.6. The molecule has 8 nitrogen and oxygen atoms in total. The van der Waals surface area contributed by atoms with Crippen LogP contribution in [0.5, 0.6) is 0 Å². The molecule has 2 N–H and O–H groups in total. The van der Waals surface area contributed by atoms with Gasteiger partial charge in [-0.05, 0) is 19.1 Å². The molecule has 0 bridgehead atoms. The predicted molar refractivity (Wildman–Crippen MR) is 68.7 cm³/mol. The molecule has 20 heavy (non-hydrogen) atoms. The van der Waals surface area contributed by atoms with Crippen LogP contribution in [-0.4, -0.2) is 26.4 Å². The molecular weight excluding hydrogens is 264 g/mol. The summed E-state index contributed by atoms with van der Waals surface area (Å²) in [5.41, 5.74) is 5.42. The van der Waals surface area contributed by atoms with E-state index in [1.165, 1.54) is 42.1 Å². The van der Waals surface area contributed by atoms with Gasteiger partial charge in [-0.15, -0.1) is 0 Å². The van der Waals surface area contributed by atoms with E-state index in [4.69, 9.17) is 5.73 Å². The van der Waals surface area contributed by atoms with Crippen molar-refractivity contribution >= 4 is 17.4 Å². The molecule has 2 aromatic rings. The van der Waals surface area contributed by atoms with Crippen LogP contribution in [0.2, 0.25) is 0 Å². The smallest absolute Gasteiger partial charge is 0.270 e. The average molecular weight is 274 g/mol. The van der Waals surface area contributed by atoms with Gasteiger partial charge in [0.2, 0.25) is 0 Å². The van der Waals surface area contributed by atoms with Crippen molar-refractivity contribution in [1.29, 1.82) is 0 Å². The summed E-state index contributed by atoms with van der Waals surface area (Å²) in [6.45, 7) is 1.29. The summed E-state index contributed by atoms with van der Waals surface area (Å²) in [5.74, 6) is -1.05. The molecule has 1 aromatic carbocycles. The monoisotopic (exact) mass is 274 g/mol. The highest BCUT2D eigenvalue weighted by atomic mass is 16.6. The van der Waals surface area contributed by atoms with Gasteiger partial charge in [-0.25, -0.2) is 4.68 Å². The number of nitro groups is 1. The number of ketones is 1. The number of Topliss-reactive ketones (excluding diaryl/α,β-unsaturated/α-hetero) is 1. The van der Waals surface area contributed by atoms with Crippen molar-refractivity contribution in [2.45, 2.75) is 6.92 Å². The number of rotatable bonds is 4. The Balaban J connectivity index is 2.57. The zero-order valence-electron chi connectivity index (χ0n) is 10.4. The molecule has 8 heteroatoms. The number of nitrogens with zero attached hydrogens (tertiary/aromatic N) is 3. The number of nitro benzene ring substituents is 1. The molecule has 102 valence electrons. The van der Waals surface area contributed by atoms with Gasteiger partial charge in [0.25, 0.3) is 11.6 Å². The molecule has 0 fully saturated rings. The highest BCUT2D eigenvalue weighted by molar-refractivity contribution is 5.98. The number of aromatic nitrogens is 2. The Morgan fingerprint density at radius 1 is 1.35 bits per heavy atom. The van der Waals surface area contributed by atoms with Crippen molar-refractivity contribution in [2.75, 3.05) is 0 Å². The van der Waals surface area contributed by atoms with E-state index in [1.807, 2.05) is 0 Å². The molecule has 1 aromatic heterocycles. The lowest BCUT2D eigenvalue weighted by Crippen LogP contribution is -2.13. The third kappa shape index (κ3) is 2.39. The Hall–Kier alpha value is -3.03. The number of hydrogen-bond acceptors (Lipinski definition) is 5. The fourth-order valence-electron chi connectivity index (χ4n) is 1.71. The molecule has 0 aliphatic carbocycles. The fraction of sp³-hybridized carbons (Fsp3) is 0.0833. The second kappa shape index (κ2) is 4.92. The fourth-order valence-corrected chi connectivity index (χ4v) is 1.71. The van der Waals surface area contributed by atoms with Gasteiger partial charge in [0.05, 0.1) is 10.6 Å². The molecule has 2 rings (SSSR count). The number of primary amides is 1. The van der Waals surface area contributed by atoms with Crippen LogP contribution < -0.4 is 5.73 Å². The van der Waals surface area contributed by atoms with E-state index < -0.39 is 10.8 Å². The summed E-state index contributed by atoms with van der Waals surface area (Å²) >= 11 is 0. The first-order valence-electron chi connectivity index (χ1n) is 5.55. The van der Waals surface area contributed by atoms with Gasteiger partial charge >= 0.3 is 0 Å². The molecule has 0 atom stereocenters. The van der Waals surface area contributed by atoms with Crippen molar-refractivity contribution < 1.29 is 14.5 Å². The van der Waals surface area contributed by atoms with E-state index in [0.717, 1.165) is 0 Å². The molecular formula is C12H10N4O4. The van der Waals surface area contributed by atoms with E-state index in [0.29, 0.717) is 5.69 Å². The second-order valence-corrected chi connectivity index (χ2v) is 4.02. The van der Waals surface area contributed by atoms with Crippen LogP contribution in [0.15, 0.2) is 30.5 Å². The third-order valence-electron chi connectivity index (χ3n) is 2.66. The maximum absolute atomic E-state index is 11.6. The quantitative estimate of drug-likeness (QED) is 0.508. The molecule has 0 aliphatic heterocycles. The highest BCUT2D eigenvalue weighted by Crippen LogP contribution is 2.21. The largest absolute Gasteiger partial charge is 0.364 e. The standard InChI is InChI=1S/C12H10N4O4/c1-7(17)9-6-8(16(19)20)2-3-11(9)15-5-4-10(14-15)12(13)18/h2-6H,1H3,(H2,13,18). The van der Waals surface area contributed by atoms with Crippen LogP contribution in [0.25, 0.3) is 5.69 Å². The van der Waals surface area contributed by atoms with Crippen molar-refractivity contribution in [3.63, 3.8) is 0 Å². The highest BCUT2D eigenvalue weighted by Gasteiger charge is 2.16. The molecule has 1 amide bonds. The maximum Gasteiger partial charge on any atom is 0.270 e. The minimum atomic E-state index is -0.699. The van der Waals surface area contributed by atoms with Crippen LogP contribution in [0.4, 0.5) is 5.69 Å². The SMILES string of the molecule is CC(=O)c1cc([N+](=O)[O-])ccc1-n1ccc(C(N)=O)n1. The van der Waals surface area contributed by atoms with E-state index in [-0.39, 0.29) is 22.7 Å². The predicted octanol–water partition coefficient (Wildman–Crippen LogP) is 1.08. The normalized spacial score (nSPS) is 10.2. The van der Waals surface area contributed by atoms with Crippen LogP contribution in [0.3, 0.4) is 0 Å². The third-order valence-corrected chi connectivity index (χ3v) is 2.66. The van der Waals surface area contributed by atoms with E-state index in [9.17, 15) is 19.7 Å². The molecule has 0 aliphatic rings. The minimum absolute atomic E-state index is 0.0397. The Bertz CT molecular complexity index is 720. The lowest BCUT2D eigenvalue weighted by atomic mass is 10.1. The number of carbonyl (C=O) groups excluding carboxylic acids is 2. The first-order valence-corrected chi connectivity index (χ1v) is 5.55. The van der Waals surface area contributed by atoms with Gasteiger partial charge in [0.1, 0.15) is 5.69 Å². The van der Waals surface area contributed by atoms with Gasteiger partial charge in [-0.1, -0.05) is 0 Å². The van der Waals surface area contributed by atoms with Crippen molar-refractivity contribution in [3.8, 4) is 5.69 Å². The maximum atomic E-state index is 11.6. The first kappa shape index (κ1) is 13.4. The number of carbonyl (C=O) groups is 2. The van der Waals surface area contributed by atoms with Gasteiger partial charge in [0.15, 0.2) is 5.78 Å². The van der Waals surface area contributed by atoms with Gasteiger partial charge in [-0.2, -0.15) is 5.10 Å². The lowest BCUT2D eigenvalue weighted by molar-refractivity contribution is -0.384. The van der Waals surface area contributed by atoms with Crippen LogP contribution in [-0.2, 0) is 0 Å². The number of nitrogens with two attached hydrogens (primary N) is 1. The Labute approximate surface area is 113 Å². The van der Waals surface area contributed by atoms with Crippen molar-refractivity contribution in [2.24, 2.45) is 5.73 Å². The second-order valence-electron chi connectivity index (χ2n) is 4.02. The molecule has 0 spiro atoms. The van der Waals surface area contributed by atoms with Crippen LogP contribution in [0, 0.1) is 10.1 Å². The van der Waals surface area contributed by atoms with E-state index in [1.54, 1.807) is 0 Å². The van der Waals surface area contributed by atoms with E-state index in [2.05, 4.69) is 5.10 Å². The lowest BCUT2D eigenvalue weighted by Gasteiger charge is -2.06. The van der Waals surface area contributed by atoms with E-state index >= 15 is 0 Å². The summed E-state index contributed by atoms with van der Waals surface area (Å²) in [6.07, 6.45) is 1.45. The summed E-state index contributed by atoms with van der Waals surface area (Å²) in [7, 11) is 0. The Kier molecular flexibility index (Phi) is 3.30. The van der Waals surface area contributed by atoms with Crippen LogP contribution >= 0.6 is 0 Å². The number of hydrogen-bond donors (Lipinski definition) is 1. The zero-order valence-corrected chi connectivity index (χ0v) is 10.4. The topological polar surface area (TPSA) is 121 Å². The molecule has 0 saturated carbocycles. The van der Waals surface area contributed by atoms with Crippen LogP contribution in [0.1, 0.15) is 27.8 Å². The Morgan fingerprint density at radius 3 is 2.55 bits per heavy atom. The number of benzene rings is 1. The number of non-ortho nitro benzene ring substituents is 1. The molecule has 0 radical (unpaired) electrons.